The number of alkyl halides is 1. The maximum absolute atomic E-state index is 13.2. The zero-order chi connectivity index (χ0) is 13.6. The van der Waals surface area contributed by atoms with Crippen molar-refractivity contribution in [1.29, 1.82) is 0 Å². The van der Waals surface area contributed by atoms with Gasteiger partial charge in [-0.05, 0) is 26.0 Å². The molecule has 0 aliphatic rings. The summed E-state index contributed by atoms with van der Waals surface area (Å²) in [5, 5.41) is 2.64. The molecule has 0 saturated heterocycles. The number of benzene rings is 1. The third-order valence-corrected chi connectivity index (χ3v) is 3.05. The van der Waals surface area contributed by atoms with Gasteiger partial charge in [-0.15, -0.1) is 11.6 Å². The van der Waals surface area contributed by atoms with Crippen LogP contribution in [-0.4, -0.2) is 18.3 Å². The Hall–Kier alpha value is -1.53. The molecule has 96 valence electrons. The van der Waals surface area contributed by atoms with Crippen molar-refractivity contribution in [2.24, 2.45) is 5.41 Å². The molecule has 1 aromatic rings. The summed E-state index contributed by atoms with van der Waals surface area (Å²) in [6.45, 7) is 3.67. The molecule has 0 saturated carbocycles. The molecule has 1 aromatic carbocycles. The summed E-state index contributed by atoms with van der Waals surface area (Å²) in [6, 6.07) is 6.25. The van der Waals surface area contributed by atoms with E-state index in [0.29, 0.717) is 5.56 Å². The highest BCUT2D eigenvalue weighted by atomic mass is 35.5. The predicted molar refractivity (Wildman–Crippen MR) is 70.8 cm³/mol. The van der Waals surface area contributed by atoms with Gasteiger partial charge in [0.25, 0.3) is 0 Å². The van der Waals surface area contributed by atoms with Gasteiger partial charge in [0.15, 0.2) is 0 Å². The minimum Gasteiger partial charge on any atom is -0.345 e. The Labute approximate surface area is 112 Å². The van der Waals surface area contributed by atoms with E-state index >= 15 is 0 Å². The lowest BCUT2D eigenvalue weighted by Gasteiger charge is -2.19. The number of halogens is 2. The zero-order valence-corrected chi connectivity index (χ0v) is 11.1. The topological polar surface area (TPSA) is 29.1 Å². The second-order valence-corrected chi connectivity index (χ2v) is 4.75. The lowest BCUT2D eigenvalue weighted by molar-refractivity contribution is -0.128. The van der Waals surface area contributed by atoms with Crippen molar-refractivity contribution < 1.29 is 9.18 Å². The summed E-state index contributed by atoms with van der Waals surface area (Å²) in [5.41, 5.74) is -0.301. The molecule has 1 rings (SSSR count). The SMILES string of the molecule is CC(C)(CCl)C(=O)NCC#Cc1ccccc1F. The number of carbonyl (C=O) groups is 1. The molecule has 4 heteroatoms. The van der Waals surface area contributed by atoms with Crippen molar-refractivity contribution in [2.75, 3.05) is 12.4 Å². The van der Waals surface area contributed by atoms with Crippen LogP contribution in [0.3, 0.4) is 0 Å². The first-order valence-corrected chi connectivity index (χ1v) is 6.08. The first-order chi connectivity index (χ1) is 8.47. The van der Waals surface area contributed by atoms with E-state index in [9.17, 15) is 9.18 Å². The normalized spacial score (nSPS) is 10.4. The third kappa shape index (κ3) is 4.05. The largest absolute Gasteiger partial charge is 0.345 e. The number of amides is 1. The van der Waals surface area contributed by atoms with E-state index < -0.39 is 5.41 Å². The van der Waals surface area contributed by atoms with Crippen LogP contribution in [0.15, 0.2) is 24.3 Å². The fraction of sp³-hybridized carbons (Fsp3) is 0.357. The second-order valence-electron chi connectivity index (χ2n) is 4.48. The molecule has 0 aliphatic carbocycles. The van der Waals surface area contributed by atoms with Gasteiger partial charge in [0.2, 0.25) is 5.91 Å². The van der Waals surface area contributed by atoms with Gasteiger partial charge in [0, 0.05) is 5.88 Å². The molecule has 0 spiro atoms. The van der Waals surface area contributed by atoms with Gasteiger partial charge in [0.1, 0.15) is 5.82 Å². The average Bonchev–Trinajstić information content (AvgIpc) is 2.36. The van der Waals surface area contributed by atoms with Crippen LogP contribution in [-0.2, 0) is 4.79 Å². The van der Waals surface area contributed by atoms with Crippen molar-refractivity contribution >= 4 is 17.5 Å². The first-order valence-electron chi connectivity index (χ1n) is 5.55. The molecule has 18 heavy (non-hydrogen) atoms. The van der Waals surface area contributed by atoms with Crippen molar-refractivity contribution in [3.63, 3.8) is 0 Å². The molecular formula is C14H15ClFNO. The maximum Gasteiger partial charge on any atom is 0.227 e. The second kappa shape index (κ2) is 6.42. The van der Waals surface area contributed by atoms with Crippen LogP contribution in [0.4, 0.5) is 4.39 Å². The molecule has 0 radical (unpaired) electrons. The zero-order valence-electron chi connectivity index (χ0n) is 10.4. The van der Waals surface area contributed by atoms with E-state index in [1.807, 2.05) is 0 Å². The van der Waals surface area contributed by atoms with Crippen molar-refractivity contribution in [3.8, 4) is 11.8 Å². The van der Waals surface area contributed by atoms with E-state index in [1.165, 1.54) is 6.07 Å². The highest BCUT2D eigenvalue weighted by Gasteiger charge is 2.25. The van der Waals surface area contributed by atoms with E-state index in [2.05, 4.69) is 17.2 Å². The Balaban J connectivity index is 2.54. The lowest BCUT2D eigenvalue weighted by Crippen LogP contribution is -2.38. The van der Waals surface area contributed by atoms with Crippen LogP contribution in [0.1, 0.15) is 19.4 Å². The predicted octanol–water partition coefficient (Wildman–Crippen LogP) is 2.56. The Bertz CT molecular complexity index is 488. The van der Waals surface area contributed by atoms with E-state index in [4.69, 9.17) is 11.6 Å². The molecule has 0 aromatic heterocycles. The molecular weight excluding hydrogens is 253 g/mol. The summed E-state index contributed by atoms with van der Waals surface area (Å²) >= 11 is 5.67. The summed E-state index contributed by atoms with van der Waals surface area (Å²) in [4.78, 5) is 11.6. The lowest BCUT2D eigenvalue weighted by atomic mass is 9.95. The Kier molecular flexibility index (Phi) is 5.18. The molecule has 0 heterocycles. The number of nitrogens with one attached hydrogen (secondary N) is 1. The highest BCUT2D eigenvalue weighted by Crippen LogP contribution is 2.16. The van der Waals surface area contributed by atoms with Gasteiger partial charge < -0.3 is 5.32 Å². The van der Waals surface area contributed by atoms with E-state index in [0.717, 1.165) is 0 Å². The fourth-order valence-corrected chi connectivity index (χ4v) is 1.25. The minimum atomic E-state index is -0.624. The molecule has 0 bridgehead atoms. The van der Waals surface area contributed by atoms with Crippen molar-refractivity contribution in [1.82, 2.24) is 5.32 Å². The van der Waals surface area contributed by atoms with Crippen LogP contribution < -0.4 is 5.32 Å². The molecule has 0 atom stereocenters. The molecule has 2 nitrogen and oxygen atoms in total. The summed E-state index contributed by atoms with van der Waals surface area (Å²) < 4.78 is 13.2. The van der Waals surface area contributed by atoms with Crippen LogP contribution in [0.5, 0.6) is 0 Å². The highest BCUT2D eigenvalue weighted by molar-refractivity contribution is 6.19. The van der Waals surface area contributed by atoms with Crippen molar-refractivity contribution in [3.05, 3.63) is 35.6 Å². The molecule has 1 N–H and O–H groups in total. The summed E-state index contributed by atoms with van der Waals surface area (Å²) in [6.07, 6.45) is 0. The van der Waals surface area contributed by atoms with Gasteiger partial charge in [-0.2, -0.15) is 0 Å². The molecule has 1 amide bonds. The number of carbonyl (C=O) groups excluding carboxylic acids is 1. The number of hydrogen-bond donors (Lipinski definition) is 1. The molecule has 0 fully saturated rings. The standard InChI is InChI=1S/C14H15ClFNO/c1-14(2,10-15)13(18)17-9-5-7-11-6-3-4-8-12(11)16/h3-4,6,8H,9-10H2,1-2H3,(H,17,18). The minimum absolute atomic E-state index is 0.166. The van der Waals surface area contributed by atoms with E-state index in [-0.39, 0.29) is 24.1 Å². The van der Waals surface area contributed by atoms with Crippen LogP contribution in [0.25, 0.3) is 0 Å². The van der Waals surface area contributed by atoms with Gasteiger partial charge in [-0.25, -0.2) is 4.39 Å². The van der Waals surface area contributed by atoms with Gasteiger partial charge in [-0.1, -0.05) is 24.0 Å². The summed E-state index contributed by atoms with van der Waals surface area (Å²) in [7, 11) is 0. The smallest absolute Gasteiger partial charge is 0.227 e. The summed E-state index contributed by atoms with van der Waals surface area (Å²) in [5.74, 6) is 5.08. The third-order valence-electron chi connectivity index (χ3n) is 2.38. The fourth-order valence-electron chi connectivity index (χ4n) is 1.13. The van der Waals surface area contributed by atoms with Gasteiger partial charge >= 0.3 is 0 Å². The van der Waals surface area contributed by atoms with Gasteiger partial charge in [0.05, 0.1) is 17.5 Å². The first kappa shape index (κ1) is 14.5. The van der Waals surface area contributed by atoms with Crippen LogP contribution in [0.2, 0.25) is 0 Å². The Morgan fingerprint density at radius 2 is 2.11 bits per heavy atom. The average molecular weight is 268 g/mol. The maximum atomic E-state index is 13.2. The monoisotopic (exact) mass is 267 g/mol. The van der Waals surface area contributed by atoms with Crippen LogP contribution >= 0.6 is 11.6 Å². The quantitative estimate of drug-likeness (QED) is 0.662. The van der Waals surface area contributed by atoms with Crippen molar-refractivity contribution in [2.45, 2.75) is 13.8 Å². The van der Waals surface area contributed by atoms with Gasteiger partial charge in [-0.3, -0.25) is 4.79 Å². The molecule has 0 unspecified atom stereocenters. The Morgan fingerprint density at radius 1 is 1.44 bits per heavy atom. The number of rotatable bonds is 3. The Morgan fingerprint density at radius 3 is 2.72 bits per heavy atom. The van der Waals surface area contributed by atoms with E-state index in [1.54, 1.807) is 32.0 Å². The van der Waals surface area contributed by atoms with Crippen LogP contribution in [0, 0.1) is 23.1 Å². The number of hydrogen-bond acceptors (Lipinski definition) is 1. The molecule has 0 aliphatic heterocycles.